The van der Waals surface area contributed by atoms with Gasteiger partial charge in [0.25, 0.3) is 0 Å². The predicted molar refractivity (Wildman–Crippen MR) is 93.1 cm³/mol. The van der Waals surface area contributed by atoms with Gasteiger partial charge in [0.1, 0.15) is 6.07 Å². The van der Waals surface area contributed by atoms with E-state index in [0.29, 0.717) is 11.6 Å². The normalized spacial score (nSPS) is 16.3. The van der Waals surface area contributed by atoms with E-state index in [1.165, 1.54) is 31.5 Å². The zero-order valence-corrected chi connectivity index (χ0v) is 14.1. The van der Waals surface area contributed by atoms with Gasteiger partial charge in [0.15, 0.2) is 0 Å². The standard InChI is InChI=1S/C20H23N3/c1-14-11-15(2)22-20(19(14)13-21)18-8-6-7-17(12-18)16(3)23-9-4-5-10-23/h6-8,11-12,16H,4-5,9-10H2,1-3H3/t16-/m1/s1. The van der Waals surface area contributed by atoms with E-state index in [-0.39, 0.29) is 0 Å². The first-order valence-electron chi connectivity index (χ1n) is 8.33. The molecule has 0 unspecified atom stereocenters. The van der Waals surface area contributed by atoms with Crippen molar-refractivity contribution in [2.75, 3.05) is 13.1 Å². The predicted octanol–water partition coefficient (Wildman–Crippen LogP) is 4.39. The van der Waals surface area contributed by atoms with Crippen LogP contribution in [0.15, 0.2) is 30.3 Å². The highest BCUT2D eigenvalue weighted by Crippen LogP contribution is 2.30. The molecule has 118 valence electrons. The number of aromatic nitrogens is 1. The molecular weight excluding hydrogens is 282 g/mol. The quantitative estimate of drug-likeness (QED) is 0.844. The lowest BCUT2D eigenvalue weighted by atomic mass is 9.98. The molecule has 1 aromatic heterocycles. The maximum atomic E-state index is 9.50. The van der Waals surface area contributed by atoms with Crippen molar-refractivity contribution >= 4 is 0 Å². The van der Waals surface area contributed by atoms with Crippen LogP contribution in [0.1, 0.15) is 48.2 Å². The molecule has 3 rings (SSSR count). The number of rotatable bonds is 3. The van der Waals surface area contributed by atoms with Gasteiger partial charge in [-0.3, -0.25) is 9.88 Å². The Morgan fingerprint density at radius 3 is 2.61 bits per heavy atom. The minimum Gasteiger partial charge on any atom is -0.297 e. The fourth-order valence-corrected chi connectivity index (χ4v) is 3.47. The number of pyridine rings is 1. The second kappa shape index (κ2) is 6.52. The van der Waals surface area contributed by atoms with Crippen molar-refractivity contribution in [1.82, 2.24) is 9.88 Å². The van der Waals surface area contributed by atoms with E-state index in [2.05, 4.69) is 47.1 Å². The van der Waals surface area contributed by atoms with Crippen LogP contribution in [-0.2, 0) is 0 Å². The Kier molecular flexibility index (Phi) is 4.45. The summed E-state index contributed by atoms with van der Waals surface area (Å²) in [7, 11) is 0. The van der Waals surface area contributed by atoms with Crippen LogP contribution in [0.3, 0.4) is 0 Å². The lowest BCUT2D eigenvalue weighted by Crippen LogP contribution is -2.23. The SMILES string of the molecule is Cc1cc(C)c(C#N)c(-c2cccc([C@@H](C)N3CCCC3)c2)n1. The van der Waals surface area contributed by atoms with Gasteiger partial charge in [-0.2, -0.15) is 5.26 Å². The van der Waals surface area contributed by atoms with Gasteiger partial charge in [-0.25, -0.2) is 0 Å². The third-order valence-electron chi connectivity index (χ3n) is 4.79. The molecule has 0 aliphatic carbocycles. The van der Waals surface area contributed by atoms with Crippen LogP contribution in [0, 0.1) is 25.2 Å². The summed E-state index contributed by atoms with van der Waals surface area (Å²) in [6.07, 6.45) is 2.59. The minimum absolute atomic E-state index is 0.411. The van der Waals surface area contributed by atoms with Gasteiger partial charge in [0.2, 0.25) is 0 Å². The van der Waals surface area contributed by atoms with E-state index in [4.69, 9.17) is 0 Å². The molecule has 0 amide bonds. The summed E-state index contributed by atoms with van der Waals surface area (Å²) < 4.78 is 0. The average molecular weight is 305 g/mol. The van der Waals surface area contributed by atoms with Crippen LogP contribution in [0.25, 0.3) is 11.3 Å². The molecule has 23 heavy (non-hydrogen) atoms. The maximum absolute atomic E-state index is 9.50. The van der Waals surface area contributed by atoms with Crippen molar-refractivity contribution in [2.45, 2.75) is 39.7 Å². The van der Waals surface area contributed by atoms with Crippen LogP contribution in [-0.4, -0.2) is 23.0 Å². The number of hydrogen-bond donors (Lipinski definition) is 0. The first kappa shape index (κ1) is 15.7. The van der Waals surface area contributed by atoms with E-state index < -0.39 is 0 Å². The number of benzene rings is 1. The smallest absolute Gasteiger partial charge is 0.102 e. The van der Waals surface area contributed by atoms with E-state index in [1.54, 1.807) is 0 Å². The zero-order valence-electron chi connectivity index (χ0n) is 14.1. The molecule has 1 atom stereocenters. The highest BCUT2D eigenvalue weighted by molar-refractivity contribution is 5.69. The Morgan fingerprint density at radius 2 is 1.91 bits per heavy atom. The van der Waals surface area contributed by atoms with Gasteiger partial charge in [-0.15, -0.1) is 0 Å². The topological polar surface area (TPSA) is 39.9 Å². The fourth-order valence-electron chi connectivity index (χ4n) is 3.47. The minimum atomic E-state index is 0.411. The summed E-state index contributed by atoms with van der Waals surface area (Å²) in [4.78, 5) is 7.16. The van der Waals surface area contributed by atoms with Gasteiger partial charge >= 0.3 is 0 Å². The average Bonchev–Trinajstić information content (AvgIpc) is 3.08. The number of hydrogen-bond acceptors (Lipinski definition) is 3. The molecule has 1 aliphatic heterocycles. The summed E-state index contributed by atoms with van der Waals surface area (Å²) in [6, 6.07) is 13.2. The summed E-state index contributed by atoms with van der Waals surface area (Å²) in [5, 5.41) is 9.50. The Balaban J connectivity index is 2.02. The molecule has 0 radical (unpaired) electrons. The summed E-state index contributed by atoms with van der Waals surface area (Å²) in [5.41, 5.74) is 5.77. The Morgan fingerprint density at radius 1 is 1.17 bits per heavy atom. The lowest BCUT2D eigenvalue weighted by molar-refractivity contribution is 0.263. The van der Waals surface area contributed by atoms with E-state index >= 15 is 0 Å². The van der Waals surface area contributed by atoms with E-state index in [9.17, 15) is 5.26 Å². The highest BCUT2D eigenvalue weighted by Gasteiger charge is 2.20. The third-order valence-corrected chi connectivity index (χ3v) is 4.79. The first-order valence-corrected chi connectivity index (χ1v) is 8.33. The van der Waals surface area contributed by atoms with Gasteiger partial charge in [-0.05, 0) is 70.0 Å². The zero-order chi connectivity index (χ0) is 16.4. The van der Waals surface area contributed by atoms with Gasteiger partial charge in [-0.1, -0.05) is 18.2 Å². The molecule has 2 heterocycles. The van der Waals surface area contributed by atoms with Crippen LogP contribution in [0.5, 0.6) is 0 Å². The van der Waals surface area contributed by atoms with Crippen molar-refractivity contribution in [3.63, 3.8) is 0 Å². The molecule has 0 saturated carbocycles. The Labute approximate surface area is 138 Å². The van der Waals surface area contributed by atoms with Gasteiger partial charge in [0.05, 0.1) is 11.3 Å². The van der Waals surface area contributed by atoms with Crippen molar-refractivity contribution < 1.29 is 0 Å². The second-order valence-electron chi connectivity index (χ2n) is 6.46. The summed E-state index contributed by atoms with van der Waals surface area (Å²) in [6.45, 7) is 8.58. The Bertz CT molecular complexity index is 752. The molecule has 1 aromatic carbocycles. The highest BCUT2D eigenvalue weighted by atomic mass is 15.2. The largest absolute Gasteiger partial charge is 0.297 e. The molecule has 1 aliphatic rings. The first-order chi connectivity index (χ1) is 11.1. The van der Waals surface area contributed by atoms with E-state index in [0.717, 1.165) is 22.5 Å². The molecule has 0 N–H and O–H groups in total. The molecular formula is C20H23N3. The molecule has 1 saturated heterocycles. The number of nitrogens with zero attached hydrogens (tertiary/aromatic N) is 3. The Hall–Kier alpha value is -2.18. The molecule has 3 nitrogen and oxygen atoms in total. The maximum Gasteiger partial charge on any atom is 0.102 e. The summed E-state index contributed by atoms with van der Waals surface area (Å²) >= 11 is 0. The number of likely N-dealkylation sites (tertiary alicyclic amines) is 1. The van der Waals surface area contributed by atoms with Crippen LogP contribution < -0.4 is 0 Å². The van der Waals surface area contributed by atoms with Crippen LogP contribution >= 0.6 is 0 Å². The van der Waals surface area contributed by atoms with Gasteiger partial charge < -0.3 is 0 Å². The monoisotopic (exact) mass is 305 g/mol. The molecule has 2 aromatic rings. The second-order valence-corrected chi connectivity index (χ2v) is 6.46. The fraction of sp³-hybridized carbons (Fsp3) is 0.400. The molecule has 1 fully saturated rings. The van der Waals surface area contributed by atoms with Crippen molar-refractivity contribution in [1.29, 1.82) is 5.26 Å². The van der Waals surface area contributed by atoms with Crippen molar-refractivity contribution in [3.05, 3.63) is 52.7 Å². The van der Waals surface area contributed by atoms with Crippen LogP contribution in [0.2, 0.25) is 0 Å². The number of aryl methyl sites for hydroxylation is 2. The molecule has 3 heteroatoms. The third kappa shape index (κ3) is 3.13. The molecule has 0 spiro atoms. The summed E-state index contributed by atoms with van der Waals surface area (Å²) in [5.74, 6) is 0. The molecule has 0 bridgehead atoms. The number of nitriles is 1. The van der Waals surface area contributed by atoms with Gasteiger partial charge in [0, 0.05) is 17.3 Å². The van der Waals surface area contributed by atoms with Crippen molar-refractivity contribution in [2.24, 2.45) is 0 Å². The van der Waals surface area contributed by atoms with E-state index in [1.807, 2.05) is 19.9 Å². The lowest BCUT2D eigenvalue weighted by Gasteiger charge is -2.24. The van der Waals surface area contributed by atoms with Crippen LogP contribution in [0.4, 0.5) is 0 Å². The van der Waals surface area contributed by atoms with Crippen molar-refractivity contribution in [3.8, 4) is 17.3 Å².